The molecule has 0 saturated carbocycles. The highest BCUT2D eigenvalue weighted by Gasteiger charge is 2.34. The lowest BCUT2D eigenvalue weighted by Gasteiger charge is -2.45. The fraction of sp³-hybridized carbons (Fsp3) is 0.304. The van der Waals surface area contributed by atoms with Crippen LogP contribution in [0.5, 0.6) is 0 Å². The maximum atomic E-state index is 12.6. The molecule has 0 aromatic heterocycles. The van der Waals surface area contributed by atoms with Crippen molar-refractivity contribution in [1.29, 1.82) is 5.26 Å². The Morgan fingerprint density at radius 2 is 2.10 bits per heavy atom. The summed E-state index contributed by atoms with van der Waals surface area (Å²) in [6.07, 6.45) is 2.57. The molecule has 0 unspecified atom stereocenters. The topological polar surface area (TPSA) is 56.1 Å². The summed E-state index contributed by atoms with van der Waals surface area (Å²) in [5.41, 5.74) is 3.59. The number of nitrogens with zero attached hydrogens (tertiary/aromatic N) is 2. The van der Waals surface area contributed by atoms with Gasteiger partial charge in [-0.05, 0) is 73.7 Å². The molecule has 0 aliphatic carbocycles. The van der Waals surface area contributed by atoms with Crippen LogP contribution < -0.4 is 10.2 Å². The van der Waals surface area contributed by atoms with E-state index in [2.05, 4.69) is 54.0 Å². The Kier molecular flexibility index (Phi) is 6.07. The molecule has 0 saturated heterocycles. The minimum Gasteiger partial charge on any atom is -0.369 e. The highest BCUT2D eigenvalue weighted by atomic mass is 79.9. The molecule has 0 fully saturated rings. The number of halogens is 2. The van der Waals surface area contributed by atoms with Crippen LogP contribution in [0.15, 0.2) is 46.4 Å². The Morgan fingerprint density at radius 3 is 2.76 bits per heavy atom. The van der Waals surface area contributed by atoms with Gasteiger partial charge in [-0.2, -0.15) is 5.26 Å². The molecule has 3 rings (SSSR count). The predicted octanol–water partition coefficient (Wildman–Crippen LogP) is 6.37. The molecule has 1 N–H and O–H groups in total. The molecule has 1 atom stereocenters. The number of carbonyl (C=O) groups excluding carboxylic acids is 1. The van der Waals surface area contributed by atoms with Crippen LogP contribution in [0.25, 0.3) is 6.08 Å². The second kappa shape index (κ2) is 8.22. The second-order valence-corrected chi connectivity index (χ2v) is 9.37. The van der Waals surface area contributed by atoms with E-state index in [1.165, 1.54) is 5.56 Å². The van der Waals surface area contributed by atoms with Crippen molar-refractivity contribution < 1.29 is 4.79 Å². The number of fused-ring (bicyclic) bond motifs is 1. The zero-order valence-corrected chi connectivity index (χ0v) is 19.2. The van der Waals surface area contributed by atoms with Crippen LogP contribution in [-0.4, -0.2) is 18.5 Å². The molecule has 4 nitrogen and oxygen atoms in total. The fourth-order valence-corrected chi connectivity index (χ4v) is 4.40. The average Bonchev–Trinajstić information content (AvgIpc) is 2.64. The van der Waals surface area contributed by atoms with Crippen molar-refractivity contribution in [2.75, 3.05) is 17.3 Å². The van der Waals surface area contributed by atoms with E-state index in [1.54, 1.807) is 18.2 Å². The van der Waals surface area contributed by atoms with Crippen molar-refractivity contribution in [3.05, 3.63) is 62.6 Å². The zero-order valence-electron chi connectivity index (χ0n) is 16.9. The number of carbonyl (C=O) groups is 1. The summed E-state index contributed by atoms with van der Waals surface area (Å²) in [4.78, 5) is 14.8. The van der Waals surface area contributed by atoms with E-state index in [0.717, 1.165) is 16.6 Å². The van der Waals surface area contributed by atoms with Gasteiger partial charge in [-0.25, -0.2) is 0 Å². The Balaban J connectivity index is 1.95. The minimum absolute atomic E-state index is 0.00368. The third-order valence-corrected chi connectivity index (χ3v) is 6.32. The standard InChI is InChI=1S/C23H23BrClN3O/c1-14-12-23(2,3)28(4)21-11-20(25)15(9-19(14)21)8-16(13-26)22(29)27-18-7-5-6-17(24)10-18/h5-11,14H,12H2,1-4H3,(H,27,29)/b16-8-/t14-/m0/s1. The maximum absolute atomic E-state index is 12.6. The Morgan fingerprint density at radius 1 is 1.38 bits per heavy atom. The van der Waals surface area contributed by atoms with E-state index in [-0.39, 0.29) is 11.1 Å². The fourth-order valence-electron chi connectivity index (χ4n) is 3.78. The van der Waals surface area contributed by atoms with Crippen LogP contribution >= 0.6 is 27.5 Å². The lowest BCUT2D eigenvalue weighted by atomic mass is 9.80. The van der Waals surface area contributed by atoms with Crippen molar-refractivity contribution >= 4 is 50.9 Å². The van der Waals surface area contributed by atoms with Gasteiger partial charge < -0.3 is 10.2 Å². The van der Waals surface area contributed by atoms with Gasteiger partial charge >= 0.3 is 0 Å². The first-order valence-electron chi connectivity index (χ1n) is 9.38. The van der Waals surface area contributed by atoms with Gasteiger partial charge in [0, 0.05) is 33.5 Å². The van der Waals surface area contributed by atoms with Gasteiger partial charge in [0.2, 0.25) is 0 Å². The van der Waals surface area contributed by atoms with Gasteiger partial charge in [0.1, 0.15) is 11.6 Å². The summed E-state index contributed by atoms with van der Waals surface area (Å²) in [5.74, 6) is -0.118. The number of anilines is 2. The third-order valence-electron chi connectivity index (χ3n) is 5.50. The molecule has 2 aromatic rings. The molecule has 1 aliphatic heterocycles. The van der Waals surface area contributed by atoms with Crippen molar-refractivity contribution in [3.63, 3.8) is 0 Å². The summed E-state index contributed by atoms with van der Waals surface area (Å²) in [5, 5.41) is 12.8. The number of nitrogens with one attached hydrogen (secondary N) is 1. The zero-order chi connectivity index (χ0) is 21.3. The molecule has 150 valence electrons. The largest absolute Gasteiger partial charge is 0.369 e. The van der Waals surface area contributed by atoms with Gasteiger partial charge in [0.25, 0.3) is 5.91 Å². The van der Waals surface area contributed by atoms with Gasteiger partial charge in [-0.1, -0.05) is 40.5 Å². The SMILES string of the molecule is C[C@H]1CC(C)(C)N(C)c2cc(Cl)c(/C=C(/C#N)C(=O)Nc3cccc(Br)c3)cc21. The predicted molar refractivity (Wildman–Crippen MR) is 123 cm³/mol. The van der Waals surface area contributed by atoms with Crippen LogP contribution in [-0.2, 0) is 4.79 Å². The molecule has 0 radical (unpaired) electrons. The van der Waals surface area contributed by atoms with E-state index in [4.69, 9.17) is 11.6 Å². The van der Waals surface area contributed by atoms with Crippen molar-refractivity contribution in [1.82, 2.24) is 0 Å². The Labute approximate surface area is 185 Å². The van der Waals surface area contributed by atoms with Crippen LogP contribution in [0.3, 0.4) is 0 Å². The van der Waals surface area contributed by atoms with Crippen LogP contribution in [0.4, 0.5) is 11.4 Å². The van der Waals surface area contributed by atoms with E-state index >= 15 is 0 Å². The smallest absolute Gasteiger partial charge is 0.266 e. The van der Waals surface area contributed by atoms with E-state index in [1.807, 2.05) is 30.3 Å². The summed E-state index contributed by atoms with van der Waals surface area (Å²) < 4.78 is 0.844. The molecular formula is C23H23BrClN3O. The molecule has 0 bridgehead atoms. The molecule has 6 heteroatoms. The average molecular weight is 473 g/mol. The van der Waals surface area contributed by atoms with Crippen molar-refractivity contribution in [2.24, 2.45) is 0 Å². The summed E-state index contributed by atoms with van der Waals surface area (Å²) in [6, 6.07) is 13.1. The number of rotatable bonds is 3. The number of hydrogen-bond acceptors (Lipinski definition) is 3. The number of amides is 1. The molecule has 0 spiro atoms. The molecule has 29 heavy (non-hydrogen) atoms. The Hall–Kier alpha value is -2.29. The van der Waals surface area contributed by atoms with Gasteiger partial charge in [-0.3, -0.25) is 4.79 Å². The van der Waals surface area contributed by atoms with Gasteiger partial charge in [0.15, 0.2) is 0 Å². The summed E-state index contributed by atoms with van der Waals surface area (Å²) in [7, 11) is 2.07. The molecule has 1 aliphatic rings. The highest BCUT2D eigenvalue weighted by Crippen LogP contribution is 2.44. The second-order valence-electron chi connectivity index (χ2n) is 8.04. The van der Waals surface area contributed by atoms with Crippen LogP contribution in [0.1, 0.15) is 44.2 Å². The first-order chi connectivity index (χ1) is 13.6. The van der Waals surface area contributed by atoms with Crippen LogP contribution in [0.2, 0.25) is 5.02 Å². The minimum atomic E-state index is -0.467. The van der Waals surface area contributed by atoms with E-state index in [0.29, 0.717) is 22.2 Å². The lowest BCUT2D eigenvalue weighted by molar-refractivity contribution is -0.112. The first-order valence-corrected chi connectivity index (χ1v) is 10.6. The van der Waals surface area contributed by atoms with Gasteiger partial charge in [0.05, 0.1) is 0 Å². The lowest BCUT2D eigenvalue weighted by Crippen LogP contribution is -2.45. The maximum Gasteiger partial charge on any atom is 0.266 e. The van der Waals surface area contributed by atoms with Crippen molar-refractivity contribution in [3.8, 4) is 6.07 Å². The summed E-state index contributed by atoms with van der Waals surface area (Å²) >= 11 is 9.91. The van der Waals surface area contributed by atoms with E-state index < -0.39 is 5.91 Å². The highest BCUT2D eigenvalue weighted by molar-refractivity contribution is 9.10. The number of nitriles is 1. The van der Waals surface area contributed by atoms with Gasteiger partial charge in [-0.15, -0.1) is 0 Å². The molecular weight excluding hydrogens is 450 g/mol. The number of benzene rings is 2. The normalized spacial score (nSPS) is 18.0. The monoisotopic (exact) mass is 471 g/mol. The van der Waals surface area contributed by atoms with E-state index in [9.17, 15) is 10.1 Å². The molecule has 1 amide bonds. The summed E-state index contributed by atoms with van der Waals surface area (Å²) in [6.45, 7) is 6.63. The number of hydrogen-bond donors (Lipinski definition) is 1. The Bertz CT molecular complexity index is 1040. The van der Waals surface area contributed by atoms with Crippen molar-refractivity contribution in [2.45, 2.75) is 38.6 Å². The molecule has 2 aromatic carbocycles. The molecule has 1 heterocycles. The van der Waals surface area contributed by atoms with Crippen LogP contribution in [0, 0.1) is 11.3 Å². The quantitative estimate of drug-likeness (QED) is 0.417. The third kappa shape index (κ3) is 4.49. The first kappa shape index (κ1) is 21.4.